The first-order valence-corrected chi connectivity index (χ1v) is 6.86. The smallest absolute Gasteiger partial charge is 0.0104 e. The molecule has 0 atom stereocenters. The van der Waals surface area contributed by atoms with Gasteiger partial charge in [-0.05, 0) is 18.2 Å². The minimum atomic E-state index is 1.16. The van der Waals surface area contributed by atoms with Gasteiger partial charge in [-0.15, -0.1) is 0 Å². The molecule has 1 aliphatic heterocycles. The summed E-state index contributed by atoms with van der Waals surface area (Å²) in [7, 11) is 2.15. The average Bonchev–Trinajstić information content (AvgIpc) is 2.51. The normalized spacial score (nSPS) is 15.4. The topological polar surface area (TPSA) is 15.3 Å². The molecule has 0 saturated carbocycles. The zero-order valence-electron chi connectivity index (χ0n) is 11.5. The molecule has 1 saturated heterocycles. The van der Waals surface area contributed by atoms with Gasteiger partial charge in [-0.2, -0.15) is 0 Å². The lowest BCUT2D eigenvalue weighted by Crippen LogP contribution is -2.40. The third-order valence-corrected chi connectivity index (χ3v) is 3.22. The second-order valence-electron chi connectivity index (χ2n) is 4.79. The Labute approximate surface area is 116 Å². The average molecular weight is 254 g/mol. The van der Waals surface area contributed by atoms with Crippen molar-refractivity contribution < 1.29 is 0 Å². The molecule has 0 aliphatic carbocycles. The van der Waals surface area contributed by atoms with Crippen LogP contribution < -0.4 is 5.32 Å². The van der Waals surface area contributed by atoms with Crippen molar-refractivity contribution in [2.45, 2.75) is 0 Å². The van der Waals surface area contributed by atoms with E-state index in [4.69, 9.17) is 0 Å². The third-order valence-electron chi connectivity index (χ3n) is 3.22. The van der Waals surface area contributed by atoms with E-state index in [9.17, 15) is 0 Å². The maximum absolute atomic E-state index is 3.27. The Kier molecular flexibility index (Phi) is 5.60. The van der Waals surface area contributed by atoms with Crippen molar-refractivity contribution in [2.75, 3.05) is 33.2 Å². The van der Waals surface area contributed by atoms with Gasteiger partial charge in [0.25, 0.3) is 0 Å². The van der Waals surface area contributed by atoms with Crippen LogP contribution in [0.4, 0.5) is 0 Å². The van der Waals surface area contributed by atoms with E-state index in [1.165, 1.54) is 24.2 Å². The fourth-order valence-electron chi connectivity index (χ4n) is 2.04. The summed E-state index contributed by atoms with van der Waals surface area (Å²) in [4.78, 5) is 2.33. The van der Waals surface area contributed by atoms with Crippen LogP contribution >= 0.6 is 0 Å². The number of likely N-dealkylation sites (N-methyl/N-ethyl adjacent to an activating group) is 1. The predicted molar refractivity (Wildman–Crippen MR) is 82.2 cm³/mol. The van der Waals surface area contributed by atoms with Gasteiger partial charge in [-0.25, -0.2) is 0 Å². The van der Waals surface area contributed by atoms with Crippen LogP contribution in [0, 0.1) is 0 Å². The Balaban J connectivity index is 0.000000163. The van der Waals surface area contributed by atoms with Crippen LogP contribution in [0.3, 0.4) is 0 Å². The van der Waals surface area contributed by atoms with Crippen LogP contribution in [0.25, 0.3) is 11.1 Å². The Hall–Kier alpha value is -1.64. The van der Waals surface area contributed by atoms with Crippen molar-refractivity contribution >= 4 is 0 Å². The zero-order chi connectivity index (χ0) is 13.3. The number of benzene rings is 2. The molecule has 1 N–H and O–H groups in total. The zero-order valence-corrected chi connectivity index (χ0v) is 11.5. The van der Waals surface area contributed by atoms with E-state index in [0.29, 0.717) is 0 Å². The molecule has 0 spiro atoms. The van der Waals surface area contributed by atoms with Crippen LogP contribution in [0.2, 0.25) is 0 Å². The fraction of sp³-hybridized carbons (Fsp3) is 0.294. The molecule has 2 nitrogen and oxygen atoms in total. The van der Waals surface area contributed by atoms with Crippen molar-refractivity contribution in [1.29, 1.82) is 0 Å². The summed E-state index contributed by atoms with van der Waals surface area (Å²) in [6.07, 6.45) is 0. The van der Waals surface area contributed by atoms with Crippen molar-refractivity contribution in [3.63, 3.8) is 0 Å². The van der Waals surface area contributed by atoms with Gasteiger partial charge in [0.05, 0.1) is 0 Å². The molecule has 19 heavy (non-hydrogen) atoms. The number of piperazine rings is 1. The van der Waals surface area contributed by atoms with Crippen molar-refractivity contribution in [3.05, 3.63) is 60.7 Å². The second kappa shape index (κ2) is 7.72. The molecule has 0 radical (unpaired) electrons. The Morgan fingerprint density at radius 1 is 0.737 bits per heavy atom. The minimum Gasteiger partial charge on any atom is -0.314 e. The highest BCUT2D eigenvalue weighted by Crippen LogP contribution is 2.17. The van der Waals surface area contributed by atoms with Gasteiger partial charge in [0.15, 0.2) is 0 Å². The molecule has 0 unspecified atom stereocenters. The Bertz CT molecular complexity index is 410. The summed E-state index contributed by atoms with van der Waals surface area (Å²) < 4.78 is 0. The second-order valence-corrected chi connectivity index (χ2v) is 4.79. The van der Waals surface area contributed by atoms with Crippen molar-refractivity contribution in [3.8, 4) is 11.1 Å². The van der Waals surface area contributed by atoms with E-state index < -0.39 is 0 Å². The number of rotatable bonds is 1. The molecule has 1 aliphatic rings. The lowest BCUT2D eigenvalue weighted by molar-refractivity contribution is 0.291. The van der Waals surface area contributed by atoms with Gasteiger partial charge in [0.2, 0.25) is 0 Å². The van der Waals surface area contributed by atoms with Gasteiger partial charge < -0.3 is 10.2 Å². The van der Waals surface area contributed by atoms with Gasteiger partial charge >= 0.3 is 0 Å². The third kappa shape index (κ3) is 4.86. The summed E-state index contributed by atoms with van der Waals surface area (Å²) in [5.41, 5.74) is 2.55. The number of nitrogens with zero attached hydrogens (tertiary/aromatic N) is 1. The van der Waals surface area contributed by atoms with E-state index in [-0.39, 0.29) is 0 Å². The van der Waals surface area contributed by atoms with Crippen molar-refractivity contribution in [2.24, 2.45) is 0 Å². The molecule has 1 fully saturated rings. The van der Waals surface area contributed by atoms with Crippen LogP contribution in [0.1, 0.15) is 0 Å². The van der Waals surface area contributed by atoms with Gasteiger partial charge in [0, 0.05) is 26.2 Å². The first kappa shape index (κ1) is 13.8. The molecule has 0 bridgehead atoms. The quantitative estimate of drug-likeness (QED) is 0.842. The summed E-state index contributed by atoms with van der Waals surface area (Å²) in [5.74, 6) is 0. The molecule has 3 rings (SSSR count). The van der Waals surface area contributed by atoms with E-state index in [1.807, 2.05) is 12.1 Å². The molecular weight excluding hydrogens is 232 g/mol. The predicted octanol–water partition coefficient (Wildman–Crippen LogP) is 2.88. The Morgan fingerprint density at radius 3 is 1.47 bits per heavy atom. The molecule has 2 aromatic rings. The largest absolute Gasteiger partial charge is 0.314 e. The molecule has 2 heteroatoms. The summed E-state index contributed by atoms with van der Waals surface area (Å²) in [6, 6.07) is 20.8. The number of hydrogen-bond donors (Lipinski definition) is 1. The highest BCUT2D eigenvalue weighted by molar-refractivity contribution is 5.62. The fourth-order valence-corrected chi connectivity index (χ4v) is 2.04. The lowest BCUT2D eigenvalue weighted by Gasteiger charge is -2.21. The van der Waals surface area contributed by atoms with Gasteiger partial charge in [-0.3, -0.25) is 0 Å². The van der Waals surface area contributed by atoms with Crippen molar-refractivity contribution in [1.82, 2.24) is 10.2 Å². The van der Waals surface area contributed by atoms with Gasteiger partial charge in [0.1, 0.15) is 0 Å². The van der Waals surface area contributed by atoms with E-state index >= 15 is 0 Å². The summed E-state index contributed by atoms with van der Waals surface area (Å²) in [6.45, 7) is 4.74. The van der Waals surface area contributed by atoms with Crippen LogP contribution in [0.15, 0.2) is 60.7 Å². The van der Waals surface area contributed by atoms with Crippen LogP contribution in [-0.4, -0.2) is 38.1 Å². The molecular formula is C17H22N2. The SMILES string of the molecule is CN1CCNCC1.c1ccc(-c2ccccc2)cc1. The van der Waals surface area contributed by atoms with E-state index in [2.05, 4.69) is 65.8 Å². The molecule has 100 valence electrons. The summed E-state index contributed by atoms with van der Waals surface area (Å²) >= 11 is 0. The lowest BCUT2D eigenvalue weighted by atomic mass is 10.1. The number of nitrogens with one attached hydrogen (secondary N) is 1. The molecule has 2 aromatic carbocycles. The highest BCUT2D eigenvalue weighted by atomic mass is 15.2. The maximum Gasteiger partial charge on any atom is 0.0104 e. The first-order valence-electron chi connectivity index (χ1n) is 6.86. The Morgan fingerprint density at radius 2 is 1.16 bits per heavy atom. The monoisotopic (exact) mass is 254 g/mol. The molecule has 0 aromatic heterocycles. The van der Waals surface area contributed by atoms with E-state index in [0.717, 1.165) is 13.1 Å². The maximum atomic E-state index is 3.27. The van der Waals surface area contributed by atoms with Crippen LogP contribution in [-0.2, 0) is 0 Å². The molecule has 1 heterocycles. The summed E-state index contributed by atoms with van der Waals surface area (Å²) in [5, 5.41) is 3.27. The number of hydrogen-bond acceptors (Lipinski definition) is 2. The minimum absolute atomic E-state index is 1.16. The first-order chi connectivity index (χ1) is 9.36. The standard InChI is InChI=1S/C12H10.C5H12N2/c1-3-7-11(8-4-1)12-9-5-2-6-10-12;1-7-4-2-6-3-5-7/h1-10H;6H,2-5H2,1H3. The van der Waals surface area contributed by atoms with Crippen LogP contribution in [0.5, 0.6) is 0 Å². The highest BCUT2D eigenvalue weighted by Gasteiger charge is 2.01. The van der Waals surface area contributed by atoms with Gasteiger partial charge in [-0.1, -0.05) is 60.7 Å². The van der Waals surface area contributed by atoms with E-state index in [1.54, 1.807) is 0 Å². The molecule has 0 amide bonds.